The van der Waals surface area contributed by atoms with E-state index in [2.05, 4.69) is 109 Å². The maximum atomic E-state index is 13.5. The predicted octanol–water partition coefficient (Wildman–Crippen LogP) is 8.69. The summed E-state index contributed by atoms with van der Waals surface area (Å²) in [6.45, 7) is 8.79. The number of rotatable bonds is 8. The third kappa shape index (κ3) is 5.65. The van der Waals surface area contributed by atoms with Gasteiger partial charge in [-0.2, -0.15) is 9.78 Å². The first-order valence-electron chi connectivity index (χ1n) is 14.5. The van der Waals surface area contributed by atoms with Crippen molar-refractivity contribution < 1.29 is 4.74 Å². The van der Waals surface area contributed by atoms with E-state index in [4.69, 9.17) is 14.8 Å². The predicted molar refractivity (Wildman–Crippen MR) is 179 cm³/mol. The van der Waals surface area contributed by atoms with Crippen molar-refractivity contribution in [1.29, 1.82) is 0 Å². The number of hydrogen-bond acceptors (Lipinski definition) is 4. The van der Waals surface area contributed by atoms with E-state index in [1.54, 1.807) is 12.3 Å². The average Bonchev–Trinajstić information content (AvgIpc) is 3.31. The van der Waals surface area contributed by atoms with Gasteiger partial charge in [0, 0.05) is 33.0 Å². The molecule has 2 aromatic heterocycles. The summed E-state index contributed by atoms with van der Waals surface area (Å²) < 4.78 is 10.6. The minimum absolute atomic E-state index is 0.0756. The van der Waals surface area contributed by atoms with E-state index in [1.807, 2.05) is 24.3 Å². The Morgan fingerprint density at radius 1 is 0.953 bits per heavy atom. The molecule has 0 unspecified atom stereocenters. The summed E-state index contributed by atoms with van der Waals surface area (Å²) >= 11 is 3.48. The molecule has 7 heteroatoms. The van der Waals surface area contributed by atoms with Gasteiger partial charge in [-0.25, -0.2) is 4.98 Å². The van der Waals surface area contributed by atoms with Crippen LogP contribution in [0.2, 0.25) is 0 Å². The first-order chi connectivity index (χ1) is 20.8. The summed E-state index contributed by atoms with van der Waals surface area (Å²) in [5.41, 5.74) is 5.72. The molecule has 43 heavy (non-hydrogen) atoms. The molecule has 1 atom stereocenters. The zero-order chi connectivity index (χ0) is 30.1. The molecule has 0 aliphatic rings. The van der Waals surface area contributed by atoms with Crippen LogP contribution in [-0.2, 0) is 6.61 Å². The molecular formula is C36H33BrN4O2. The minimum atomic E-state index is -0.175. The van der Waals surface area contributed by atoms with Crippen molar-refractivity contribution in [1.82, 2.24) is 14.2 Å². The Morgan fingerprint density at radius 3 is 2.51 bits per heavy atom. The lowest BCUT2D eigenvalue weighted by atomic mass is 10.1. The Bertz CT molecular complexity index is 2030. The van der Waals surface area contributed by atoms with Crippen molar-refractivity contribution in [3.8, 4) is 11.4 Å². The molecule has 0 amide bonds. The molecule has 0 saturated carbocycles. The van der Waals surface area contributed by atoms with Gasteiger partial charge in [0.05, 0.1) is 17.1 Å². The molecule has 0 spiro atoms. The average molecular weight is 634 g/mol. The summed E-state index contributed by atoms with van der Waals surface area (Å²) in [6.07, 6.45) is 2.61. The van der Waals surface area contributed by atoms with Crippen molar-refractivity contribution in [2.75, 3.05) is 0 Å². The highest BCUT2D eigenvalue weighted by molar-refractivity contribution is 9.10. The molecule has 0 N–H and O–H groups in total. The van der Waals surface area contributed by atoms with Crippen molar-refractivity contribution in [2.24, 2.45) is 5.10 Å². The van der Waals surface area contributed by atoms with E-state index in [0.717, 1.165) is 44.8 Å². The van der Waals surface area contributed by atoms with Gasteiger partial charge in [0.1, 0.15) is 18.2 Å². The van der Waals surface area contributed by atoms with Crippen molar-refractivity contribution in [3.63, 3.8) is 0 Å². The Hall–Kier alpha value is -4.49. The molecule has 216 valence electrons. The Kier molecular flexibility index (Phi) is 8.00. The maximum Gasteiger partial charge on any atom is 0.282 e. The normalized spacial score (nSPS) is 12.4. The molecule has 2 heterocycles. The zero-order valence-electron chi connectivity index (χ0n) is 24.7. The zero-order valence-corrected chi connectivity index (χ0v) is 26.3. The summed E-state index contributed by atoms with van der Waals surface area (Å²) in [5.74, 6) is 1.55. The molecule has 0 saturated heterocycles. The van der Waals surface area contributed by atoms with Crippen LogP contribution < -0.4 is 10.3 Å². The fourth-order valence-corrected chi connectivity index (χ4v) is 5.85. The van der Waals surface area contributed by atoms with E-state index in [9.17, 15) is 4.79 Å². The van der Waals surface area contributed by atoms with E-state index >= 15 is 0 Å². The smallest absolute Gasteiger partial charge is 0.282 e. The van der Waals surface area contributed by atoms with Crippen LogP contribution in [-0.4, -0.2) is 20.4 Å². The fraction of sp³-hybridized carbons (Fsp3) is 0.194. The Morgan fingerprint density at radius 2 is 1.72 bits per heavy atom. The number of ether oxygens (including phenoxy) is 1. The second kappa shape index (κ2) is 12.0. The van der Waals surface area contributed by atoms with Gasteiger partial charge >= 0.3 is 0 Å². The molecule has 0 aliphatic heterocycles. The molecule has 6 nitrogen and oxygen atoms in total. The van der Waals surface area contributed by atoms with Gasteiger partial charge in [0.25, 0.3) is 5.56 Å². The Balaban J connectivity index is 1.27. The third-order valence-electron chi connectivity index (χ3n) is 8.04. The first-order valence-corrected chi connectivity index (χ1v) is 15.3. The van der Waals surface area contributed by atoms with E-state index in [0.29, 0.717) is 23.3 Å². The Labute approximate surface area is 259 Å². The van der Waals surface area contributed by atoms with Crippen LogP contribution in [0, 0.1) is 13.8 Å². The van der Waals surface area contributed by atoms with Crippen molar-refractivity contribution in [3.05, 3.63) is 134 Å². The van der Waals surface area contributed by atoms with Crippen LogP contribution >= 0.6 is 15.9 Å². The maximum absolute atomic E-state index is 13.5. The lowest BCUT2D eigenvalue weighted by Gasteiger charge is -2.14. The minimum Gasteiger partial charge on any atom is -0.489 e. The van der Waals surface area contributed by atoms with Gasteiger partial charge in [-0.3, -0.25) is 4.79 Å². The van der Waals surface area contributed by atoms with Crippen molar-refractivity contribution >= 4 is 43.8 Å². The lowest BCUT2D eigenvalue weighted by molar-refractivity contribution is 0.307. The quantitative estimate of drug-likeness (QED) is 0.158. The highest BCUT2D eigenvalue weighted by atomic mass is 79.9. The monoisotopic (exact) mass is 632 g/mol. The van der Waals surface area contributed by atoms with E-state index in [-0.39, 0.29) is 11.5 Å². The lowest BCUT2D eigenvalue weighted by Crippen LogP contribution is -2.23. The topological polar surface area (TPSA) is 61.4 Å². The van der Waals surface area contributed by atoms with Crippen LogP contribution in [0.1, 0.15) is 54.5 Å². The summed E-state index contributed by atoms with van der Waals surface area (Å²) in [6, 6.07) is 30.5. The molecule has 0 bridgehead atoms. The van der Waals surface area contributed by atoms with Crippen LogP contribution in [0.5, 0.6) is 5.75 Å². The van der Waals surface area contributed by atoms with E-state index in [1.165, 1.54) is 15.4 Å². The standard InChI is InChI=1S/C36H33BrN4O2/c1-5-23(2)35-39-34-18-13-29(37)20-33(34)36(42)41(35)38-21-28-19-24(3)40(25(28)4)30-14-16-31(17-15-30)43-22-27-11-8-10-26-9-6-7-12-32(26)27/h6-21,23H,5,22H2,1-4H3/t23-/m1/s1. The molecule has 6 aromatic rings. The largest absolute Gasteiger partial charge is 0.489 e. The summed E-state index contributed by atoms with van der Waals surface area (Å²) in [5, 5.41) is 7.64. The third-order valence-corrected chi connectivity index (χ3v) is 8.53. The van der Waals surface area contributed by atoms with Gasteiger partial charge < -0.3 is 9.30 Å². The first kappa shape index (κ1) is 28.6. The molecule has 0 radical (unpaired) electrons. The highest BCUT2D eigenvalue weighted by Crippen LogP contribution is 2.25. The fourth-order valence-electron chi connectivity index (χ4n) is 5.49. The molecule has 0 aliphatic carbocycles. The molecular weight excluding hydrogens is 600 g/mol. The number of fused-ring (bicyclic) bond motifs is 2. The van der Waals surface area contributed by atoms with Crippen LogP contribution in [0.4, 0.5) is 0 Å². The highest BCUT2D eigenvalue weighted by Gasteiger charge is 2.16. The molecule has 4 aromatic carbocycles. The van der Waals surface area contributed by atoms with Gasteiger partial charge in [0.2, 0.25) is 0 Å². The molecule has 6 rings (SSSR count). The number of aromatic nitrogens is 3. The molecule has 0 fully saturated rings. The number of nitrogens with zero attached hydrogens (tertiary/aromatic N) is 4. The van der Waals surface area contributed by atoms with Gasteiger partial charge in [-0.05, 0) is 85.1 Å². The van der Waals surface area contributed by atoms with Crippen LogP contribution in [0.25, 0.3) is 27.4 Å². The number of benzene rings is 4. The number of hydrogen-bond donors (Lipinski definition) is 0. The van der Waals surface area contributed by atoms with Gasteiger partial charge in [0.15, 0.2) is 0 Å². The second-order valence-electron chi connectivity index (χ2n) is 10.9. The second-order valence-corrected chi connectivity index (χ2v) is 11.8. The van der Waals surface area contributed by atoms with Crippen LogP contribution in [0.15, 0.2) is 105 Å². The van der Waals surface area contributed by atoms with Crippen molar-refractivity contribution in [2.45, 2.75) is 46.6 Å². The number of aryl methyl sites for hydroxylation is 1. The van der Waals surface area contributed by atoms with E-state index < -0.39 is 0 Å². The summed E-state index contributed by atoms with van der Waals surface area (Å²) in [4.78, 5) is 18.4. The number of halogens is 1. The SMILES string of the molecule is CC[C@@H](C)c1nc2ccc(Br)cc2c(=O)n1N=Cc1cc(C)n(-c2ccc(OCc3cccc4ccccc34)cc2)c1C. The summed E-state index contributed by atoms with van der Waals surface area (Å²) in [7, 11) is 0. The van der Waals surface area contributed by atoms with Gasteiger partial charge in [-0.15, -0.1) is 0 Å². The van der Waals surface area contributed by atoms with Gasteiger partial charge in [-0.1, -0.05) is 72.2 Å². The van der Waals surface area contributed by atoms with Crippen LogP contribution in [0.3, 0.4) is 0 Å².